The maximum absolute atomic E-state index is 12.7. The summed E-state index contributed by atoms with van der Waals surface area (Å²) in [6, 6.07) is 9.33. The summed E-state index contributed by atoms with van der Waals surface area (Å²) < 4.78 is 5.18. The molecule has 1 aromatic heterocycles. The van der Waals surface area contributed by atoms with Gasteiger partial charge < -0.3 is 15.0 Å². The lowest BCUT2D eigenvalue weighted by molar-refractivity contribution is -0.132. The summed E-state index contributed by atoms with van der Waals surface area (Å²) in [5.74, 6) is -1.30. The van der Waals surface area contributed by atoms with Crippen molar-refractivity contribution in [1.82, 2.24) is 4.90 Å². The molecule has 0 spiro atoms. The van der Waals surface area contributed by atoms with E-state index in [0.29, 0.717) is 10.6 Å². The molecule has 1 aromatic carbocycles. The van der Waals surface area contributed by atoms with E-state index in [0.717, 1.165) is 11.1 Å². The van der Waals surface area contributed by atoms with Gasteiger partial charge in [0.1, 0.15) is 10.6 Å². The number of hydrogen-bond acceptors (Lipinski definition) is 5. The lowest BCUT2D eigenvalue weighted by atomic mass is 10.0. The summed E-state index contributed by atoms with van der Waals surface area (Å²) in [4.78, 5) is 37.9. The van der Waals surface area contributed by atoms with Gasteiger partial charge in [-0.1, -0.05) is 35.9 Å². The third-order valence-electron chi connectivity index (χ3n) is 3.56. The molecule has 0 radical (unpaired) electrons. The third-order valence-corrected chi connectivity index (χ3v) is 4.46. The number of allylic oxidation sites excluding steroid dienone is 1. The van der Waals surface area contributed by atoms with E-state index in [2.05, 4.69) is 5.32 Å². The highest BCUT2D eigenvalue weighted by molar-refractivity contribution is 7.15. The van der Waals surface area contributed by atoms with Gasteiger partial charge in [-0.3, -0.25) is 9.59 Å². The van der Waals surface area contributed by atoms with Gasteiger partial charge in [0.05, 0.1) is 0 Å². The summed E-state index contributed by atoms with van der Waals surface area (Å²) in [6.07, 6.45) is 1.45. The number of anilines is 1. The molecule has 2 aromatic rings. The average molecular weight is 386 g/mol. The molecule has 1 heterocycles. The number of hydrogen-bond donors (Lipinski definition) is 1. The maximum atomic E-state index is 12.7. The largest absolute Gasteiger partial charge is 0.452 e. The Bertz CT molecular complexity index is 865. The van der Waals surface area contributed by atoms with Crippen molar-refractivity contribution < 1.29 is 19.1 Å². The number of carbonyl (C=O) groups is 3. The number of ether oxygens (including phenoxy) is 1. The van der Waals surface area contributed by atoms with Gasteiger partial charge in [-0.2, -0.15) is 0 Å². The highest BCUT2D eigenvalue weighted by atomic mass is 32.1. The molecule has 0 bridgehead atoms. The van der Waals surface area contributed by atoms with Crippen molar-refractivity contribution in [2.45, 2.75) is 13.8 Å². The Kier molecular flexibility index (Phi) is 6.90. The van der Waals surface area contributed by atoms with E-state index in [4.69, 9.17) is 4.74 Å². The minimum Gasteiger partial charge on any atom is -0.452 e. The predicted octanol–water partition coefficient (Wildman–Crippen LogP) is 3.56. The summed E-state index contributed by atoms with van der Waals surface area (Å²) in [6.45, 7) is 3.26. The summed E-state index contributed by atoms with van der Waals surface area (Å²) in [5.41, 5.74) is 2.55. The van der Waals surface area contributed by atoms with Crippen LogP contribution in [0.1, 0.15) is 24.2 Å². The number of likely N-dealkylation sites (N-methyl/N-ethyl adjacent to an activating group) is 1. The van der Waals surface area contributed by atoms with Crippen LogP contribution in [0.25, 0.3) is 11.1 Å². The topological polar surface area (TPSA) is 75.7 Å². The Morgan fingerprint density at radius 3 is 2.41 bits per heavy atom. The molecule has 142 valence electrons. The van der Waals surface area contributed by atoms with Crippen molar-refractivity contribution in [1.29, 1.82) is 0 Å². The van der Waals surface area contributed by atoms with Crippen LogP contribution in [0.5, 0.6) is 0 Å². The van der Waals surface area contributed by atoms with E-state index in [1.807, 2.05) is 44.2 Å². The fourth-order valence-corrected chi connectivity index (χ4v) is 3.18. The molecular weight excluding hydrogens is 364 g/mol. The molecule has 0 saturated carbocycles. The van der Waals surface area contributed by atoms with E-state index in [1.54, 1.807) is 19.5 Å². The lowest BCUT2D eigenvalue weighted by Gasteiger charge is -2.12. The Morgan fingerprint density at radius 2 is 1.81 bits per heavy atom. The molecule has 6 nitrogen and oxygen atoms in total. The number of benzene rings is 1. The maximum Gasteiger partial charge on any atom is 0.342 e. The van der Waals surface area contributed by atoms with E-state index in [1.165, 1.54) is 22.3 Å². The highest BCUT2D eigenvalue weighted by Gasteiger charge is 2.23. The van der Waals surface area contributed by atoms with Gasteiger partial charge in [0.15, 0.2) is 6.61 Å². The van der Waals surface area contributed by atoms with Crippen LogP contribution in [0, 0.1) is 0 Å². The normalized spacial score (nSPS) is 10.1. The fraction of sp³-hybridized carbons (Fsp3) is 0.250. The van der Waals surface area contributed by atoms with Crippen LogP contribution in [-0.2, 0) is 14.3 Å². The lowest BCUT2D eigenvalue weighted by Crippen LogP contribution is -2.27. The molecule has 0 unspecified atom stereocenters. The van der Waals surface area contributed by atoms with E-state index >= 15 is 0 Å². The molecule has 1 N–H and O–H groups in total. The number of amides is 2. The van der Waals surface area contributed by atoms with Gasteiger partial charge >= 0.3 is 5.97 Å². The fourth-order valence-electron chi connectivity index (χ4n) is 2.22. The first-order valence-corrected chi connectivity index (χ1v) is 9.17. The van der Waals surface area contributed by atoms with Crippen LogP contribution in [-0.4, -0.2) is 43.4 Å². The van der Waals surface area contributed by atoms with Crippen molar-refractivity contribution in [2.24, 2.45) is 0 Å². The molecule has 0 aliphatic carbocycles. The number of esters is 1. The van der Waals surface area contributed by atoms with E-state index < -0.39 is 5.97 Å². The second-order valence-electron chi connectivity index (χ2n) is 6.29. The first-order valence-electron chi connectivity index (χ1n) is 8.29. The highest BCUT2D eigenvalue weighted by Crippen LogP contribution is 2.36. The van der Waals surface area contributed by atoms with Crippen molar-refractivity contribution in [3.8, 4) is 11.1 Å². The van der Waals surface area contributed by atoms with Crippen LogP contribution in [0.15, 0.2) is 47.4 Å². The zero-order chi connectivity index (χ0) is 20.0. The molecule has 27 heavy (non-hydrogen) atoms. The number of nitrogens with one attached hydrogen (secondary N) is 1. The summed E-state index contributed by atoms with van der Waals surface area (Å²) >= 11 is 1.24. The van der Waals surface area contributed by atoms with E-state index in [-0.39, 0.29) is 24.0 Å². The molecule has 2 rings (SSSR count). The first kappa shape index (κ1) is 20.4. The van der Waals surface area contributed by atoms with Crippen molar-refractivity contribution in [2.75, 3.05) is 26.0 Å². The quantitative estimate of drug-likeness (QED) is 0.608. The molecule has 0 atom stereocenters. The Labute approximate surface area is 162 Å². The standard InChI is InChI=1S/C20H22N2O4S/c1-13(2)10-16(23)21-19-18(20(25)26-11-17(24)22(3)4)15(12-27-19)14-8-6-5-7-9-14/h5-10,12H,11H2,1-4H3,(H,21,23). The third kappa shape index (κ3) is 5.52. The number of nitrogens with zero attached hydrogens (tertiary/aromatic N) is 1. The minimum atomic E-state index is -0.655. The van der Waals surface area contributed by atoms with Crippen LogP contribution in [0.3, 0.4) is 0 Å². The van der Waals surface area contributed by atoms with Crippen molar-refractivity contribution in [3.05, 3.63) is 52.9 Å². The molecule has 0 fully saturated rings. The molecule has 0 saturated heterocycles. The van der Waals surface area contributed by atoms with Gasteiger partial charge in [0.25, 0.3) is 5.91 Å². The monoisotopic (exact) mass is 386 g/mol. The predicted molar refractivity (Wildman–Crippen MR) is 107 cm³/mol. The SMILES string of the molecule is CC(C)=CC(=O)Nc1scc(-c2ccccc2)c1C(=O)OCC(=O)N(C)C. The second-order valence-corrected chi connectivity index (χ2v) is 7.17. The Balaban J connectivity index is 2.36. The van der Waals surface area contributed by atoms with Gasteiger partial charge in [-0.15, -0.1) is 11.3 Å². The first-order chi connectivity index (χ1) is 12.8. The minimum absolute atomic E-state index is 0.244. The van der Waals surface area contributed by atoms with Crippen molar-refractivity contribution in [3.63, 3.8) is 0 Å². The van der Waals surface area contributed by atoms with Crippen LogP contribution in [0.2, 0.25) is 0 Å². The Morgan fingerprint density at radius 1 is 1.15 bits per heavy atom. The zero-order valence-corrected chi connectivity index (χ0v) is 16.6. The van der Waals surface area contributed by atoms with Gasteiger partial charge in [-0.05, 0) is 19.4 Å². The van der Waals surface area contributed by atoms with Crippen LogP contribution >= 0.6 is 11.3 Å². The number of rotatable bonds is 6. The molecule has 7 heteroatoms. The second kappa shape index (κ2) is 9.14. The molecule has 0 aliphatic rings. The summed E-state index contributed by atoms with van der Waals surface area (Å²) in [5, 5.41) is 4.91. The van der Waals surface area contributed by atoms with E-state index in [9.17, 15) is 14.4 Å². The zero-order valence-electron chi connectivity index (χ0n) is 15.7. The van der Waals surface area contributed by atoms with Gasteiger partial charge in [0, 0.05) is 31.1 Å². The van der Waals surface area contributed by atoms with Crippen molar-refractivity contribution >= 4 is 34.1 Å². The van der Waals surface area contributed by atoms with Gasteiger partial charge in [-0.25, -0.2) is 4.79 Å². The smallest absolute Gasteiger partial charge is 0.342 e. The average Bonchev–Trinajstić information content (AvgIpc) is 3.02. The Hall–Kier alpha value is -2.93. The number of carbonyl (C=O) groups excluding carboxylic acids is 3. The molecular formula is C20H22N2O4S. The number of thiophene rings is 1. The molecule has 2 amide bonds. The van der Waals surface area contributed by atoms with Crippen LogP contribution in [0.4, 0.5) is 5.00 Å². The summed E-state index contributed by atoms with van der Waals surface area (Å²) in [7, 11) is 3.17. The molecule has 0 aliphatic heterocycles. The van der Waals surface area contributed by atoms with Crippen LogP contribution < -0.4 is 5.32 Å². The van der Waals surface area contributed by atoms with Gasteiger partial charge in [0.2, 0.25) is 5.91 Å².